The molecule has 17 heavy (non-hydrogen) atoms. The van der Waals surface area contributed by atoms with Gasteiger partial charge in [-0.3, -0.25) is 0 Å². The van der Waals surface area contributed by atoms with Crippen LogP contribution in [0.2, 0.25) is 4.34 Å². The molecule has 5 heteroatoms. The van der Waals surface area contributed by atoms with Crippen LogP contribution in [0.1, 0.15) is 18.7 Å². The zero-order valence-corrected chi connectivity index (χ0v) is 11.2. The maximum absolute atomic E-state index is 5.94. The van der Waals surface area contributed by atoms with Crippen molar-refractivity contribution in [2.75, 3.05) is 13.6 Å². The van der Waals surface area contributed by atoms with Crippen LogP contribution in [0.3, 0.4) is 0 Å². The normalized spacial score (nSPS) is 17.3. The van der Waals surface area contributed by atoms with Gasteiger partial charge in [-0.1, -0.05) is 11.6 Å². The van der Waals surface area contributed by atoms with Gasteiger partial charge in [-0.15, -0.1) is 11.3 Å². The zero-order chi connectivity index (χ0) is 11.9. The van der Waals surface area contributed by atoms with E-state index in [0.29, 0.717) is 0 Å². The molecule has 90 valence electrons. The topological polar surface area (TPSA) is 40.7 Å². The van der Waals surface area contributed by atoms with Crippen molar-refractivity contribution in [1.29, 1.82) is 0 Å². The number of aromatic nitrogens is 2. The summed E-state index contributed by atoms with van der Waals surface area (Å²) in [6.07, 6.45) is 4.34. The molecule has 0 unspecified atom stereocenters. The van der Waals surface area contributed by atoms with Crippen LogP contribution in [0.25, 0.3) is 10.6 Å². The Morgan fingerprint density at radius 1 is 1.53 bits per heavy atom. The second-order valence-corrected chi connectivity index (χ2v) is 6.27. The molecule has 0 aromatic carbocycles. The molecule has 0 spiro atoms. The van der Waals surface area contributed by atoms with Crippen molar-refractivity contribution in [2.45, 2.75) is 18.3 Å². The number of aromatic amines is 1. The van der Waals surface area contributed by atoms with Gasteiger partial charge in [0, 0.05) is 12.0 Å². The number of hydrogen-bond acceptors (Lipinski definition) is 3. The van der Waals surface area contributed by atoms with E-state index in [1.807, 2.05) is 25.4 Å². The summed E-state index contributed by atoms with van der Waals surface area (Å²) in [5.74, 6) is 1.10. The van der Waals surface area contributed by atoms with Crippen molar-refractivity contribution in [3.8, 4) is 10.6 Å². The van der Waals surface area contributed by atoms with Crippen LogP contribution in [0, 0.1) is 0 Å². The summed E-state index contributed by atoms with van der Waals surface area (Å²) in [7, 11) is 1.99. The first kappa shape index (κ1) is 11.3. The highest BCUT2D eigenvalue weighted by Gasteiger charge is 2.46. The average molecular weight is 268 g/mol. The highest BCUT2D eigenvalue weighted by atomic mass is 35.5. The van der Waals surface area contributed by atoms with Crippen molar-refractivity contribution >= 4 is 22.9 Å². The van der Waals surface area contributed by atoms with Gasteiger partial charge in [-0.25, -0.2) is 4.98 Å². The van der Waals surface area contributed by atoms with Crippen LogP contribution in [0.4, 0.5) is 0 Å². The molecule has 0 bridgehead atoms. The number of thiophene rings is 1. The fourth-order valence-corrected chi connectivity index (χ4v) is 3.17. The van der Waals surface area contributed by atoms with Crippen LogP contribution >= 0.6 is 22.9 Å². The predicted octanol–water partition coefficient (Wildman–Crippen LogP) is 3.04. The quantitative estimate of drug-likeness (QED) is 0.894. The Morgan fingerprint density at radius 2 is 2.35 bits per heavy atom. The molecule has 2 aromatic rings. The summed E-state index contributed by atoms with van der Waals surface area (Å²) < 4.78 is 0.813. The van der Waals surface area contributed by atoms with Gasteiger partial charge in [-0.05, 0) is 32.0 Å². The molecule has 2 N–H and O–H groups in total. The second kappa shape index (κ2) is 4.12. The van der Waals surface area contributed by atoms with E-state index in [1.54, 1.807) is 11.3 Å². The summed E-state index contributed by atoms with van der Waals surface area (Å²) in [5.41, 5.74) is 1.31. The molecule has 2 heterocycles. The van der Waals surface area contributed by atoms with Crippen LogP contribution in [-0.2, 0) is 5.41 Å². The summed E-state index contributed by atoms with van der Waals surface area (Å²) >= 11 is 7.52. The number of likely N-dealkylation sites (N-methyl/N-ethyl adjacent to an activating group) is 1. The first-order valence-electron chi connectivity index (χ1n) is 5.69. The van der Waals surface area contributed by atoms with Crippen molar-refractivity contribution in [2.24, 2.45) is 0 Å². The number of H-pyrrole nitrogens is 1. The Hall–Kier alpha value is -0.840. The van der Waals surface area contributed by atoms with Crippen molar-refractivity contribution in [3.05, 3.63) is 28.5 Å². The highest BCUT2D eigenvalue weighted by molar-refractivity contribution is 7.19. The Labute approximate surface area is 109 Å². The van der Waals surface area contributed by atoms with Gasteiger partial charge < -0.3 is 10.3 Å². The maximum Gasteiger partial charge on any atom is 0.114 e. The van der Waals surface area contributed by atoms with Crippen molar-refractivity contribution in [3.63, 3.8) is 0 Å². The molecule has 3 nitrogen and oxygen atoms in total. The van der Waals surface area contributed by atoms with E-state index < -0.39 is 0 Å². The molecule has 1 aliphatic rings. The van der Waals surface area contributed by atoms with Crippen LogP contribution in [0.5, 0.6) is 0 Å². The van der Waals surface area contributed by atoms with Crippen molar-refractivity contribution in [1.82, 2.24) is 15.3 Å². The molecule has 2 aromatic heterocycles. The van der Waals surface area contributed by atoms with Gasteiger partial charge in [0.05, 0.1) is 21.1 Å². The molecule has 1 saturated carbocycles. The van der Waals surface area contributed by atoms with Crippen LogP contribution in [0.15, 0.2) is 18.3 Å². The first-order valence-corrected chi connectivity index (χ1v) is 6.89. The Bertz CT molecular complexity index is 527. The Kier molecular flexibility index (Phi) is 2.73. The van der Waals surface area contributed by atoms with Gasteiger partial charge >= 0.3 is 0 Å². The van der Waals surface area contributed by atoms with Gasteiger partial charge in [-0.2, -0.15) is 0 Å². The minimum atomic E-state index is 0.244. The van der Waals surface area contributed by atoms with Crippen molar-refractivity contribution < 1.29 is 0 Å². The standard InChI is InChI=1S/C12H14ClN3S/c1-14-7-12(4-5-12)11-15-6-8(16-11)9-2-3-10(13)17-9/h2-3,6,14H,4-5,7H2,1H3,(H,15,16). The first-order chi connectivity index (χ1) is 8.23. The molecule has 0 saturated heterocycles. The summed E-state index contributed by atoms with van der Waals surface area (Å²) in [4.78, 5) is 9.10. The predicted molar refractivity (Wildman–Crippen MR) is 71.7 cm³/mol. The largest absolute Gasteiger partial charge is 0.341 e. The smallest absolute Gasteiger partial charge is 0.114 e. The second-order valence-electron chi connectivity index (χ2n) is 4.56. The molecule has 0 atom stereocenters. The number of rotatable bonds is 4. The number of nitrogens with zero attached hydrogens (tertiary/aromatic N) is 1. The van der Waals surface area contributed by atoms with Gasteiger partial charge in [0.1, 0.15) is 5.82 Å². The lowest BCUT2D eigenvalue weighted by atomic mass is 10.1. The molecule has 1 fully saturated rings. The highest BCUT2D eigenvalue weighted by Crippen LogP contribution is 2.46. The third-order valence-corrected chi connectivity index (χ3v) is 4.55. The number of nitrogens with one attached hydrogen (secondary N) is 2. The maximum atomic E-state index is 5.94. The van der Waals surface area contributed by atoms with Crippen LogP contribution in [-0.4, -0.2) is 23.6 Å². The van der Waals surface area contributed by atoms with E-state index in [1.165, 1.54) is 12.8 Å². The summed E-state index contributed by atoms with van der Waals surface area (Å²) in [5, 5.41) is 3.24. The Balaban J connectivity index is 1.88. The van der Waals surface area contributed by atoms with E-state index >= 15 is 0 Å². The molecule has 3 rings (SSSR count). The fourth-order valence-electron chi connectivity index (χ4n) is 2.16. The number of imidazole rings is 1. The SMILES string of the molecule is CNCC1(c2ncc(-c3ccc(Cl)s3)[nH]2)CC1. The van der Waals surface area contributed by atoms with E-state index in [2.05, 4.69) is 15.3 Å². The average Bonchev–Trinajstić information content (AvgIpc) is 2.79. The minimum absolute atomic E-state index is 0.244. The number of hydrogen-bond donors (Lipinski definition) is 2. The van der Waals surface area contributed by atoms with E-state index in [4.69, 9.17) is 11.6 Å². The lowest BCUT2D eigenvalue weighted by Crippen LogP contribution is -2.24. The van der Waals surface area contributed by atoms with E-state index in [-0.39, 0.29) is 5.41 Å². The van der Waals surface area contributed by atoms with E-state index in [9.17, 15) is 0 Å². The summed E-state index contributed by atoms with van der Waals surface area (Å²) in [6, 6.07) is 3.95. The fraction of sp³-hybridized carbons (Fsp3) is 0.417. The molecule has 0 aliphatic heterocycles. The minimum Gasteiger partial charge on any atom is -0.341 e. The summed E-state index contributed by atoms with van der Waals surface area (Å²) in [6.45, 7) is 0.991. The molecule has 0 amide bonds. The van der Waals surface area contributed by atoms with Gasteiger partial charge in [0.25, 0.3) is 0 Å². The third-order valence-electron chi connectivity index (χ3n) is 3.29. The molecular weight excluding hydrogens is 254 g/mol. The molecule has 1 aliphatic carbocycles. The third kappa shape index (κ3) is 2.01. The molecule has 0 radical (unpaired) electrons. The van der Waals surface area contributed by atoms with E-state index in [0.717, 1.165) is 27.3 Å². The zero-order valence-electron chi connectivity index (χ0n) is 9.59. The van der Waals surface area contributed by atoms with Gasteiger partial charge in [0.2, 0.25) is 0 Å². The lowest BCUT2D eigenvalue weighted by Gasteiger charge is -2.10. The van der Waals surface area contributed by atoms with Gasteiger partial charge in [0.15, 0.2) is 0 Å². The number of halogens is 1. The molecular formula is C12H14ClN3S. The Morgan fingerprint density at radius 3 is 2.94 bits per heavy atom. The lowest BCUT2D eigenvalue weighted by molar-refractivity contribution is 0.594. The monoisotopic (exact) mass is 267 g/mol. The van der Waals surface area contributed by atoms with Crippen LogP contribution < -0.4 is 5.32 Å².